The number of aliphatic carboxylic acids is 1. The average molecular weight is 288 g/mol. The lowest BCUT2D eigenvalue weighted by atomic mass is 9.95. The van der Waals surface area contributed by atoms with E-state index < -0.39 is 5.97 Å². The van der Waals surface area contributed by atoms with E-state index in [1.54, 1.807) is 0 Å². The van der Waals surface area contributed by atoms with Gasteiger partial charge in [-0.3, -0.25) is 9.59 Å². The number of nitrogens with one attached hydrogen (secondary N) is 2. The van der Waals surface area contributed by atoms with Crippen molar-refractivity contribution < 1.29 is 14.7 Å². The molecule has 1 aromatic carbocycles. The Morgan fingerprint density at radius 3 is 2.67 bits per heavy atom. The number of carboxylic acid groups (broad SMARTS) is 1. The van der Waals surface area contributed by atoms with Crippen molar-refractivity contribution in [2.24, 2.45) is 5.92 Å². The molecule has 1 fully saturated rings. The number of fused-ring (bicyclic) bond motifs is 1. The highest BCUT2D eigenvalue weighted by molar-refractivity contribution is 5.83. The van der Waals surface area contributed by atoms with Crippen molar-refractivity contribution in [1.29, 1.82) is 0 Å². The van der Waals surface area contributed by atoms with Crippen LogP contribution >= 0.6 is 0 Å². The molecule has 0 spiro atoms. The van der Waals surface area contributed by atoms with E-state index in [4.69, 9.17) is 5.11 Å². The molecule has 1 aliphatic carbocycles. The van der Waals surface area contributed by atoms with Gasteiger partial charge in [0.05, 0.1) is 12.0 Å². The van der Waals surface area contributed by atoms with Gasteiger partial charge >= 0.3 is 5.97 Å². The quantitative estimate of drug-likeness (QED) is 0.777. The van der Waals surface area contributed by atoms with E-state index in [0.717, 1.165) is 6.42 Å². The van der Waals surface area contributed by atoms with E-state index in [9.17, 15) is 9.59 Å². The zero-order valence-electron chi connectivity index (χ0n) is 11.8. The predicted molar refractivity (Wildman–Crippen MR) is 77.7 cm³/mol. The van der Waals surface area contributed by atoms with Crippen LogP contribution in [0.2, 0.25) is 0 Å². The SMILES string of the molecule is O=C(O)[C@@H]1CC[C@H](NC(=O)[C@H]2Cc3ccccc3CN2)C1. The normalized spacial score (nSPS) is 27.9. The summed E-state index contributed by atoms with van der Waals surface area (Å²) in [5.41, 5.74) is 2.46. The first-order valence-electron chi connectivity index (χ1n) is 7.47. The van der Waals surface area contributed by atoms with E-state index in [1.807, 2.05) is 12.1 Å². The van der Waals surface area contributed by atoms with Crippen LogP contribution in [0.25, 0.3) is 0 Å². The number of hydrogen-bond donors (Lipinski definition) is 3. The number of hydrogen-bond acceptors (Lipinski definition) is 3. The third kappa shape index (κ3) is 3.08. The maximum absolute atomic E-state index is 12.3. The molecule has 1 amide bonds. The van der Waals surface area contributed by atoms with Crippen molar-refractivity contribution in [3.8, 4) is 0 Å². The van der Waals surface area contributed by atoms with Crippen LogP contribution in [-0.4, -0.2) is 29.1 Å². The first-order valence-corrected chi connectivity index (χ1v) is 7.47. The number of benzene rings is 1. The lowest BCUT2D eigenvalue weighted by molar-refractivity contribution is -0.141. The van der Waals surface area contributed by atoms with Crippen molar-refractivity contribution in [1.82, 2.24) is 10.6 Å². The molecule has 3 N–H and O–H groups in total. The molecule has 0 aromatic heterocycles. The maximum atomic E-state index is 12.3. The van der Waals surface area contributed by atoms with Gasteiger partial charge in [-0.25, -0.2) is 0 Å². The van der Waals surface area contributed by atoms with Gasteiger partial charge in [0.25, 0.3) is 0 Å². The molecule has 0 saturated heterocycles. The van der Waals surface area contributed by atoms with E-state index >= 15 is 0 Å². The third-order valence-electron chi connectivity index (χ3n) is 4.53. The first-order chi connectivity index (χ1) is 10.1. The minimum Gasteiger partial charge on any atom is -0.481 e. The second-order valence-electron chi connectivity index (χ2n) is 5.96. The Hall–Kier alpha value is -1.88. The summed E-state index contributed by atoms with van der Waals surface area (Å²) in [7, 11) is 0. The highest BCUT2D eigenvalue weighted by atomic mass is 16.4. The zero-order chi connectivity index (χ0) is 14.8. The van der Waals surface area contributed by atoms with Crippen LogP contribution in [0.5, 0.6) is 0 Å². The molecule has 0 unspecified atom stereocenters. The standard InChI is InChI=1S/C16H20N2O3/c19-15(18-13-6-5-11(7-13)16(20)21)14-8-10-3-1-2-4-12(10)9-17-14/h1-4,11,13-14,17H,5-9H2,(H,18,19)(H,20,21)/t11-,13+,14-/m1/s1. The largest absolute Gasteiger partial charge is 0.481 e. The number of amides is 1. The summed E-state index contributed by atoms with van der Waals surface area (Å²) in [6, 6.07) is 7.91. The Labute approximate surface area is 123 Å². The molecule has 2 aliphatic rings. The average Bonchev–Trinajstić information content (AvgIpc) is 2.95. The van der Waals surface area contributed by atoms with E-state index in [2.05, 4.69) is 22.8 Å². The van der Waals surface area contributed by atoms with Crippen molar-refractivity contribution in [2.75, 3.05) is 0 Å². The zero-order valence-corrected chi connectivity index (χ0v) is 11.8. The highest BCUT2D eigenvalue weighted by Crippen LogP contribution is 2.26. The summed E-state index contributed by atoms with van der Waals surface area (Å²) in [6.45, 7) is 0.705. The van der Waals surface area contributed by atoms with Gasteiger partial charge in [0.15, 0.2) is 0 Å². The molecule has 3 atom stereocenters. The molecule has 5 heteroatoms. The van der Waals surface area contributed by atoms with Crippen LogP contribution < -0.4 is 10.6 Å². The maximum Gasteiger partial charge on any atom is 0.306 e. The Balaban J connectivity index is 1.57. The van der Waals surface area contributed by atoms with Gasteiger partial charge < -0.3 is 15.7 Å². The summed E-state index contributed by atoms with van der Waals surface area (Å²) in [4.78, 5) is 23.3. The Morgan fingerprint density at radius 2 is 1.95 bits per heavy atom. The number of carboxylic acids is 1. The summed E-state index contributed by atoms with van der Waals surface area (Å²) in [5, 5.41) is 15.3. The fraction of sp³-hybridized carbons (Fsp3) is 0.500. The van der Waals surface area contributed by atoms with Crippen molar-refractivity contribution in [3.63, 3.8) is 0 Å². The van der Waals surface area contributed by atoms with Crippen molar-refractivity contribution in [3.05, 3.63) is 35.4 Å². The number of rotatable bonds is 3. The molecular weight excluding hydrogens is 268 g/mol. The predicted octanol–water partition coefficient (Wildman–Crippen LogP) is 1.07. The van der Waals surface area contributed by atoms with Crippen LogP contribution in [0.4, 0.5) is 0 Å². The lowest BCUT2D eigenvalue weighted by Crippen LogP contribution is -2.50. The van der Waals surface area contributed by atoms with E-state index in [0.29, 0.717) is 25.8 Å². The third-order valence-corrected chi connectivity index (χ3v) is 4.53. The van der Waals surface area contributed by atoms with Crippen LogP contribution in [0.1, 0.15) is 30.4 Å². The highest BCUT2D eigenvalue weighted by Gasteiger charge is 2.32. The molecule has 1 aromatic rings. The van der Waals surface area contributed by atoms with Crippen molar-refractivity contribution >= 4 is 11.9 Å². The fourth-order valence-corrected chi connectivity index (χ4v) is 3.28. The smallest absolute Gasteiger partial charge is 0.306 e. The summed E-state index contributed by atoms with van der Waals surface area (Å²) in [6.07, 6.45) is 2.65. The van der Waals surface area contributed by atoms with E-state index in [-0.39, 0.29) is 23.9 Å². The molecule has 0 radical (unpaired) electrons. The van der Waals surface area contributed by atoms with Gasteiger partial charge in [-0.1, -0.05) is 24.3 Å². The van der Waals surface area contributed by atoms with Gasteiger partial charge in [0.2, 0.25) is 5.91 Å². The second-order valence-corrected chi connectivity index (χ2v) is 5.96. The molecule has 5 nitrogen and oxygen atoms in total. The monoisotopic (exact) mass is 288 g/mol. The molecule has 112 valence electrons. The van der Waals surface area contributed by atoms with Crippen LogP contribution in [0, 0.1) is 5.92 Å². The molecule has 1 aliphatic heterocycles. The van der Waals surface area contributed by atoms with Crippen molar-refractivity contribution in [2.45, 2.75) is 44.3 Å². The number of carbonyl (C=O) groups excluding carboxylic acids is 1. The molecule has 1 saturated carbocycles. The molecule has 3 rings (SSSR count). The number of carbonyl (C=O) groups is 2. The Bertz CT molecular complexity index is 558. The molecular formula is C16H20N2O3. The van der Waals surface area contributed by atoms with Gasteiger partial charge in [-0.2, -0.15) is 0 Å². The first kappa shape index (κ1) is 14.1. The Morgan fingerprint density at radius 1 is 1.19 bits per heavy atom. The van der Waals surface area contributed by atoms with Gasteiger partial charge in [0.1, 0.15) is 0 Å². The molecule has 21 heavy (non-hydrogen) atoms. The van der Waals surface area contributed by atoms with Gasteiger partial charge in [-0.05, 0) is 36.8 Å². The summed E-state index contributed by atoms with van der Waals surface area (Å²) in [5.74, 6) is -1.08. The van der Waals surface area contributed by atoms with Crippen LogP contribution in [-0.2, 0) is 22.6 Å². The summed E-state index contributed by atoms with van der Waals surface area (Å²) >= 11 is 0. The molecule has 1 heterocycles. The van der Waals surface area contributed by atoms with Crippen LogP contribution in [0.3, 0.4) is 0 Å². The topological polar surface area (TPSA) is 78.4 Å². The van der Waals surface area contributed by atoms with Crippen LogP contribution in [0.15, 0.2) is 24.3 Å². The lowest BCUT2D eigenvalue weighted by Gasteiger charge is -2.26. The fourth-order valence-electron chi connectivity index (χ4n) is 3.28. The minimum absolute atomic E-state index is 0.00225. The van der Waals surface area contributed by atoms with E-state index in [1.165, 1.54) is 11.1 Å². The molecule has 0 bridgehead atoms. The Kier molecular flexibility index (Phi) is 3.92. The summed E-state index contributed by atoms with van der Waals surface area (Å²) < 4.78 is 0. The van der Waals surface area contributed by atoms with Gasteiger partial charge in [-0.15, -0.1) is 0 Å². The minimum atomic E-state index is -0.753. The van der Waals surface area contributed by atoms with Gasteiger partial charge in [0, 0.05) is 12.6 Å². The second kappa shape index (κ2) is 5.85.